The van der Waals surface area contributed by atoms with E-state index in [2.05, 4.69) is 57.3 Å². The number of hydrogen-bond donors (Lipinski definition) is 1. The molecule has 1 aromatic rings. The highest BCUT2D eigenvalue weighted by molar-refractivity contribution is 9.10. The normalized spacial score (nSPS) is 22.4. The van der Waals surface area contributed by atoms with Crippen molar-refractivity contribution in [3.05, 3.63) is 34.3 Å². The lowest BCUT2D eigenvalue weighted by Gasteiger charge is -2.25. The van der Waals surface area contributed by atoms with Crippen LogP contribution in [0.15, 0.2) is 28.7 Å². The van der Waals surface area contributed by atoms with Crippen LogP contribution < -0.4 is 5.32 Å². The summed E-state index contributed by atoms with van der Waals surface area (Å²) < 4.78 is 6.84. The summed E-state index contributed by atoms with van der Waals surface area (Å²) >= 11 is 3.49. The number of hydrogen-bond acceptors (Lipinski definition) is 3. The molecule has 1 aliphatic heterocycles. The van der Waals surface area contributed by atoms with E-state index in [1.54, 1.807) is 0 Å². The van der Waals surface area contributed by atoms with Gasteiger partial charge in [-0.3, -0.25) is 0 Å². The highest BCUT2D eigenvalue weighted by atomic mass is 79.9. The summed E-state index contributed by atoms with van der Waals surface area (Å²) in [6, 6.07) is 9.03. The summed E-state index contributed by atoms with van der Waals surface area (Å²) in [5.41, 5.74) is 1.36. The van der Waals surface area contributed by atoms with Gasteiger partial charge in [-0.15, -0.1) is 0 Å². The molecule has 0 aliphatic carbocycles. The molecule has 0 saturated carbocycles. The van der Waals surface area contributed by atoms with Crippen molar-refractivity contribution in [2.45, 2.75) is 31.9 Å². The van der Waals surface area contributed by atoms with Crippen molar-refractivity contribution in [1.82, 2.24) is 10.2 Å². The molecule has 2 rings (SSSR count). The standard InChI is InChI=1S/C16H25BrN2O/c1-13-12-19(9-3-11-20-13)10-8-16(18-2)14-4-6-15(17)7-5-14/h4-7,13,16,18H,3,8-12H2,1-2H3. The molecule has 1 heterocycles. The Hall–Kier alpha value is -0.420. The SMILES string of the molecule is CNC(CCN1CCCOC(C)C1)c1ccc(Br)cc1. The van der Waals surface area contributed by atoms with Crippen molar-refractivity contribution in [2.75, 3.05) is 33.3 Å². The van der Waals surface area contributed by atoms with Gasteiger partial charge >= 0.3 is 0 Å². The van der Waals surface area contributed by atoms with Crippen LogP contribution in [-0.4, -0.2) is 44.3 Å². The van der Waals surface area contributed by atoms with E-state index >= 15 is 0 Å². The molecule has 1 aliphatic rings. The minimum Gasteiger partial charge on any atom is -0.377 e. The first-order valence-corrected chi connectivity index (χ1v) is 8.25. The van der Waals surface area contributed by atoms with E-state index in [1.807, 2.05) is 7.05 Å². The van der Waals surface area contributed by atoms with Crippen LogP contribution >= 0.6 is 15.9 Å². The Morgan fingerprint density at radius 1 is 1.40 bits per heavy atom. The van der Waals surface area contributed by atoms with Gasteiger partial charge in [0.25, 0.3) is 0 Å². The van der Waals surface area contributed by atoms with Gasteiger partial charge in [-0.25, -0.2) is 0 Å². The Bertz CT molecular complexity index is 396. The fraction of sp³-hybridized carbons (Fsp3) is 0.625. The molecular weight excluding hydrogens is 316 g/mol. The lowest BCUT2D eigenvalue weighted by Crippen LogP contribution is -2.33. The highest BCUT2D eigenvalue weighted by Gasteiger charge is 2.17. The first kappa shape index (κ1) is 16.0. The second-order valence-electron chi connectivity index (χ2n) is 5.52. The smallest absolute Gasteiger partial charge is 0.0673 e. The molecule has 0 amide bonds. The number of halogens is 1. The van der Waals surface area contributed by atoms with E-state index in [0.29, 0.717) is 12.1 Å². The van der Waals surface area contributed by atoms with Crippen molar-refractivity contribution in [3.63, 3.8) is 0 Å². The van der Waals surface area contributed by atoms with E-state index in [-0.39, 0.29) is 0 Å². The molecule has 3 nitrogen and oxygen atoms in total. The molecule has 2 unspecified atom stereocenters. The maximum Gasteiger partial charge on any atom is 0.0673 e. The van der Waals surface area contributed by atoms with Gasteiger partial charge < -0.3 is 15.0 Å². The number of nitrogens with zero attached hydrogens (tertiary/aromatic N) is 1. The summed E-state index contributed by atoms with van der Waals surface area (Å²) in [5.74, 6) is 0. The van der Waals surface area contributed by atoms with Gasteiger partial charge in [0, 0.05) is 36.8 Å². The van der Waals surface area contributed by atoms with Gasteiger partial charge in [0.1, 0.15) is 0 Å². The van der Waals surface area contributed by atoms with Gasteiger partial charge in [-0.2, -0.15) is 0 Å². The van der Waals surface area contributed by atoms with Crippen LogP contribution in [0, 0.1) is 0 Å². The molecule has 1 aromatic carbocycles. The Morgan fingerprint density at radius 2 is 2.15 bits per heavy atom. The summed E-state index contributed by atoms with van der Waals surface area (Å²) in [6.07, 6.45) is 2.63. The molecule has 1 N–H and O–H groups in total. The number of nitrogens with one attached hydrogen (secondary N) is 1. The maximum atomic E-state index is 5.70. The molecule has 1 fully saturated rings. The van der Waals surface area contributed by atoms with Crippen LogP contribution in [0.3, 0.4) is 0 Å². The van der Waals surface area contributed by atoms with Crippen molar-refractivity contribution in [1.29, 1.82) is 0 Å². The fourth-order valence-corrected chi connectivity index (χ4v) is 3.03. The zero-order chi connectivity index (χ0) is 14.4. The third-order valence-corrected chi connectivity index (χ3v) is 4.42. The van der Waals surface area contributed by atoms with Crippen molar-refractivity contribution in [2.24, 2.45) is 0 Å². The zero-order valence-corrected chi connectivity index (χ0v) is 14.0. The maximum absolute atomic E-state index is 5.70. The molecule has 112 valence electrons. The van der Waals surface area contributed by atoms with Crippen molar-refractivity contribution in [3.8, 4) is 0 Å². The van der Waals surface area contributed by atoms with Crippen LogP contribution in [0.2, 0.25) is 0 Å². The van der Waals surface area contributed by atoms with Crippen LogP contribution in [0.4, 0.5) is 0 Å². The average Bonchev–Trinajstić information content (AvgIpc) is 2.66. The second kappa shape index (κ2) is 8.13. The largest absolute Gasteiger partial charge is 0.377 e. The summed E-state index contributed by atoms with van der Waals surface area (Å²) in [6.45, 7) is 6.40. The first-order valence-electron chi connectivity index (χ1n) is 7.45. The third kappa shape index (κ3) is 4.85. The molecule has 0 bridgehead atoms. The quantitative estimate of drug-likeness (QED) is 0.890. The van der Waals surface area contributed by atoms with Gasteiger partial charge in [0.05, 0.1) is 6.10 Å². The third-order valence-electron chi connectivity index (χ3n) is 3.89. The van der Waals surface area contributed by atoms with E-state index in [4.69, 9.17) is 4.74 Å². The highest BCUT2D eigenvalue weighted by Crippen LogP contribution is 2.20. The minimum atomic E-state index is 0.359. The molecule has 2 atom stereocenters. The van der Waals surface area contributed by atoms with Crippen LogP contribution in [0.25, 0.3) is 0 Å². The summed E-state index contributed by atoms with van der Waals surface area (Å²) in [7, 11) is 2.04. The lowest BCUT2D eigenvalue weighted by atomic mass is 10.0. The number of ether oxygens (including phenoxy) is 1. The van der Waals surface area contributed by atoms with Crippen LogP contribution in [0.1, 0.15) is 31.4 Å². The average molecular weight is 341 g/mol. The van der Waals surface area contributed by atoms with Gasteiger partial charge in [-0.1, -0.05) is 28.1 Å². The monoisotopic (exact) mass is 340 g/mol. The van der Waals surface area contributed by atoms with Gasteiger partial charge in [0.2, 0.25) is 0 Å². The molecule has 4 heteroatoms. The lowest BCUT2D eigenvalue weighted by molar-refractivity contribution is 0.0672. The minimum absolute atomic E-state index is 0.359. The van der Waals surface area contributed by atoms with E-state index in [9.17, 15) is 0 Å². The molecule has 0 aromatic heterocycles. The van der Waals surface area contributed by atoms with Crippen LogP contribution in [0.5, 0.6) is 0 Å². The Balaban J connectivity index is 1.88. The van der Waals surface area contributed by atoms with Crippen molar-refractivity contribution >= 4 is 15.9 Å². The van der Waals surface area contributed by atoms with E-state index < -0.39 is 0 Å². The fourth-order valence-electron chi connectivity index (χ4n) is 2.77. The molecule has 0 spiro atoms. The van der Waals surface area contributed by atoms with Crippen molar-refractivity contribution < 1.29 is 4.74 Å². The van der Waals surface area contributed by atoms with Crippen LogP contribution in [-0.2, 0) is 4.74 Å². The predicted molar refractivity (Wildman–Crippen MR) is 87.0 cm³/mol. The number of rotatable bonds is 5. The molecule has 20 heavy (non-hydrogen) atoms. The van der Waals surface area contributed by atoms with Gasteiger partial charge in [0.15, 0.2) is 0 Å². The topological polar surface area (TPSA) is 24.5 Å². The molecular formula is C16H25BrN2O. The van der Waals surface area contributed by atoms with E-state index in [1.165, 1.54) is 5.56 Å². The molecule has 0 radical (unpaired) electrons. The Labute approximate surface area is 130 Å². The zero-order valence-electron chi connectivity index (χ0n) is 12.4. The summed E-state index contributed by atoms with van der Waals surface area (Å²) in [5, 5.41) is 3.43. The van der Waals surface area contributed by atoms with E-state index in [0.717, 1.165) is 43.6 Å². The van der Waals surface area contributed by atoms with Gasteiger partial charge in [-0.05, 0) is 44.5 Å². The second-order valence-corrected chi connectivity index (χ2v) is 6.43. The Morgan fingerprint density at radius 3 is 2.85 bits per heavy atom. The first-order chi connectivity index (χ1) is 9.69. The Kier molecular flexibility index (Phi) is 6.49. The summed E-state index contributed by atoms with van der Waals surface area (Å²) in [4.78, 5) is 2.53. The number of benzene rings is 1. The molecule has 1 saturated heterocycles. The predicted octanol–water partition coefficient (Wildman–Crippen LogP) is 3.21.